The van der Waals surface area contributed by atoms with E-state index in [4.69, 9.17) is 27.9 Å². The molecule has 0 saturated heterocycles. The van der Waals surface area contributed by atoms with Gasteiger partial charge in [-0.3, -0.25) is 4.79 Å². The number of ether oxygens (including phenoxy) is 1. The summed E-state index contributed by atoms with van der Waals surface area (Å²) in [5.41, 5.74) is 3.44. The lowest BCUT2D eigenvalue weighted by molar-refractivity contribution is -0.143. The van der Waals surface area contributed by atoms with Crippen molar-refractivity contribution in [3.05, 3.63) is 56.3 Å². The third kappa shape index (κ3) is 3.53. The van der Waals surface area contributed by atoms with Crippen LogP contribution in [0.3, 0.4) is 0 Å². The van der Waals surface area contributed by atoms with Crippen LogP contribution in [0, 0.1) is 0 Å². The summed E-state index contributed by atoms with van der Waals surface area (Å²) >= 11 is 12.3. The molecule has 3 rings (SSSR count). The van der Waals surface area contributed by atoms with Gasteiger partial charge in [-0.15, -0.1) is 0 Å². The summed E-state index contributed by atoms with van der Waals surface area (Å²) in [5, 5.41) is 4.08. The molecule has 1 aromatic carbocycles. The molecule has 0 amide bonds. The second kappa shape index (κ2) is 7.45. The normalized spacial score (nSPS) is 20.2. The van der Waals surface area contributed by atoms with Crippen molar-refractivity contribution in [1.29, 1.82) is 0 Å². The number of esters is 1. The van der Waals surface area contributed by atoms with Gasteiger partial charge in [0.1, 0.15) is 0 Å². The number of dihydropyridines is 1. The Hall–Kier alpha value is -1.78. The van der Waals surface area contributed by atoms with Gasteiger partial charge < -0.3 is 10.1 Å². The largest absolute Gasteiger partial charge is 0.460 e. The molecule has 1 aliphatic carbocycles. The Kier molecular flexibility index (Phi) is 5.44. The van der Waals surface area contributed by atoms with Gasteiger partial charge in [-0.05, 0) is 51.3 Å². The number of hydrogen-bond acceptors (Lipinski definition) is 4. The van der Waals surface area contributed by atoms with Gasteiger partial charge in [-0.2, -0.15) is 0 Å². The monoisotopic (exact) mass is 393 g/mol. The highest BCUT2D eigenvalue weighted by atomic mass is 35.5. The first-order valence-electron chi connectivity index (χ1n) is 8.69. The van der Waals surface area contributed by atoms with Gasteiger partial charge in [0.05, 0.1) is 21.7 Å². The maximum atomic E-state index is 12.8. The predicted octanol–water partition coefficient (Wildman–Crippen LogP) is 4.91. The molecule has 1 atom stereocenters. The van der Waals surface area contributed by atoms with E-state index in [2.05, 4.69) is 5.32 Å². The van der Waals surface area contributed by atoms with Crippen molar-refractivity contribution in [2.75, 3.05) is 0 Å². The highest BCUT2D eigenvalue weighted by Gasteiger charge is 2.39. The standard InChI is InChI=1S/C20H21Cl2NO3/c1-10(2)26-20(25)17-11(3)23-15-5-4-6-16(24)19(15)18(17)12-7-8-13(21)14(22)9-12/h7-10,18,23H,4-6H2,1-3H3. The van der Waals surface area contributed by atoms with Gasteiger partial charge in [0.25, 0.3) is 0 Å². The highest BCUT2D eigenvalue weighted by Crippen LogP contribution is 2.43. The molecular formula is C20H21Cl2NO3. The summed E-state index contributed by atoms with van der Waals surface area (Å²) in [5.74, 6) is -0.872. The molecule has 6 heteroatoms. The minimum atomic E-state index is -0.500. The number of Topliss-reactive ketones (excluding diaryl/α,β-unsaturated/α-hetero) is 1. The molecule has 4 nitrogen and oxygen atoms in total. The van der Waals surface area contributed by atoms with Gasteiger partial charge in [0.15, 0.2) is 5.78 Å². The first-order valence-corrected chi connectivity index (χ1v) is 9.45. The first kappa shape index (κ1) is 19.0. The van der Waals surface area contributed by atoms with E-state index in [-0.39, 0.29) is 11.9 Å². The lowest BCUT2D eigenvalue weighted by Crippen LogP contribution is -2.34. The van der Waals surface area contributed by atoms with Crippen molar-refractivity contribution in [3.63, 3.8) is 0 Å². The topological polar surface area (TPSA) is 55.4 Å². The van der Waals surface area contributed by atoms with E-state index in [9.17, 15) is 9.59 Å². The number of halogens is 2. The van der Waals surface area contributed by atoms with Crippen LogP contribution in [0.2, 0.25) is 10.0 Å². The molecule has 1 heterocycles. The summed E-state index contributed by atoms with van der Waals surface area (Å²) in [6, 6.07) is 5.23. The number of ketones is 1. The van der Waals surface area contributed by atoms with E-state index in [1.54, 1.807) is 26.0 Å². The van der Waals surface area contributed by atoms with Crippen LogP contribution < -0.4 is 5.32 Å². The minimum Gasteiger partial charge on any atom is -0.460 e. The van der Waals surface area contributed by atoms with E-state index >= 15 is 0 Å². The summed E-state index contributed by atoms with van der Waals surface area (Å²) in [6.07, 6.45) is 1.81. The zero-order chi connectivity index (χ0) is 19.0. The van der Waals surface area contributed by atoms with Crippen molar-refractivity contribution in [2.45, 2.75) is 52.1 Å². The van der Waals surface area contributed by atoms with Gasteiger partial charge >= 0.3 is 5.97 Å². The van der Waals surface area contributed by atoms with E-state index < -0.39 is 11.9 Å². The number of carbonyl (C=O) groups excluding carboxylic acids is 2. The fraction of sp³-hybridized carbons (Fsp3) is 0.400. The third-order valence-electron chi connectivity index (χ3n) is 4.62. The van der Waals surface area contributed by atoms with E-state index in [0.717, 1.165) is 24.1 Å². The third-order valence-corrected chi connectivity index (χ3v) is 5.35. The molecule has 0 aromatic heterocycles. The molecule has 0 spiro atoms. The van der Waals surface area contributed by atoms with Crippen molar-refractivity contribution in [2.24, 2.45) is 0 Å². The molecule has 26 heavy (non-hydrogen) atoms. The molecule has 138 valence electrons. The van der Waals surface area contributed by atoms with E-state index in [0.29, 0.717) is 33.3 Å². The average molecular weight is 394 g/mol. The smallest absolute Gasteiger partial charge is 0.337 e. The zero-order valence-electron chi connectivity index (χ0n) is 15.0. The number of allylic oxidation sites excluding steroid dienone is 3. The van der Waals surface area contributed by atoms with Crippen molar-refractivity contribution < 1.29 is 14.3 Å². The molecule has 1 unspecified atom stereocenters. The average Bonchev–Trinajstić information content (AvgIpc) is 2.55. The van der Waals surface area contributed by atoms with Gasteiger partial charge in [-0.25, -0.2) is 4.79 Å². The van der Waals surface area contributed by atoms with Crippen LogP contribution in [0.5, 0.6) is 0 Å². The van der Waals surface area contributed by atoms with Crippen LogP contribution in [-0.2, 0) is 14.3 Å². The molecule has 1 aliphatic heterocycles. The van der Waals surface area contributed by atoms with Crippen LogP contribution in [0.4, 0.5) is 0 Å². The number of benzene rings is 1. The number of hydrogen-bond donors (Lipinski definition) is 1. The van der Waals surface area contributed by atoms with E-state index in [1.807, 2.05) is 13.0 Å². The Morgan fingerprint density at radius 2 is 1.96 bits per heavy atom. The molecule has 0 saturated carbocycles. The molecule has 1 N–H and O–H groups in total. The summed E-state index contributed by atoms with van der Waals surface area (Å²) in [4.78, 5) is 25.6. The molecule has 0 radical (unpaired) electrons. The lowest BCUT2D eigenvalue weighted by Gasteiger charge is -2.34. The van der Waals surface area contributed by atoms with Crippen LogP contribution in [0.15, 0.2) is 40.7 Å². The molecule has 0 bridgehead atoms. The van der Waals surface area contributed by atoms with Crippen LogP contribution >= 0.6 is 23.2 Å². The first-order chi connectivity index (χ1) is 12.3. The van der Waals surface area contributed by atoms with Gasteiger partial charge in [0, 0.05) is 29.3 Å². The van der Waals surface area contributed by atoms with Gasteiger partial charge in [-0.1, -0.05) is 29.3 Å². The summed E-state index contributed by atoms with van der Waals surface area (Å²) in [6.45, 7) is 5.44. The number of nitrogens with one attached hydrogen (secondary N) is 1. The minimum absolute atomic E-state index is 0.0529. The maximum absolute atomic E-state index is 12.8. The summed E-state index contributed by atoms with van der Waals surface area (Å²) < 4.78 is 5.45. The fourth-order valence-electron chi connectivity index (χ4n) is 3.56. The second-order valence-electron chi connectivity index (χ2n) is 6.89. The number of carbonyl (C=O) groups is 2. The van der Waals surface area contributed by atoms with Crippen LogP contribution in [-0.4, -0.2) is 17.9 Å². The molecule has 2 aliphatic rings. The maximum Gasteiger partial charge on any atom is 0.337 e. The fourth-order valence-corrected chi connectivity index (χ4v) is 3.86. The van der Waals surface area contributed by atoms with Crippen molar-refractivity contribution in [1.82, 2.24) is 5.32 Å². The van der Waals surface area contributed by atoms with E-state index in [1.165, 1.54) is 0 Å². The van der Waals surface area contributed by atoms with Crippen molar-refractivity contribution in [3.8, 4) is 0 Å². The van der Waals surface area contributed by atoms with Gasteiger partial charge in [0.2, 0.25) is 0 Å². The Balaban J connectivity index is 2.16. The highest BCUT2D eigenvalue weighted by molar-refractivity contribution is 6.42. The zero-order valence-corrected chi connectivity index (χ0v) is 16.5. The predicted molar refractivity (Wildman–Crippen MR) is 102 cm³/mol. The Labute approximate surface area is 163 Å². The second-order valence-corrected chi connectivity index (χ2v) is 7.71. The Bertz CT molecular complexity index is 839. The quantitative estimate of drug-likeness (QED) is 0.740. The van der Waals surface area contributed by atoms with Crippen LogP contribution in [0.25, 0.3) is 0 Å². The molecule has 0 fully saturated rings. The molecular weight excluding hydrogens is 373 g/mol. The van der Waals surface area contributed by atoms with Crippen LogP contribution in [0.1, 0.15) is 51.5 Å². The number of rotatable bonds is 3. The SMILES string of the molecule is CC1=C(C(=O)OC(C)C)C(c2ccc(Cl)c(Cl)c2)C2=C(CCCC2=O)N1. The Morgan fingerprint density at radius 1 is 1.23 bits per heavy atom. The van der Waals surface area contributed by atoms with Crippen molar-refractivity contribution >= 4 is 35.0 Å². The molecule has 1 aromatic rings. The summed E-state index contributed by atoms with van der Waals surface area (Å²) in [7, 11) is 0. The lowest BCUT2D eigenvalue weighted by atomic mass is 9.75. The Morgan fingerprint density at radius 3 is 2.62 bits per heavy atom.